The number of rotatable bonds is 3. The SMILES string of the molecule is O=C(O)c1c(N2CCOCC2)c(-c2ccccc2)nc2ccccc12. The molecule has 2 heterocycles. The molecule has 0 aliphatic carbocycles. The van der Waals surface area contributed by atoms with Crippen LogP contribution in [-0.4, -0.2) is 42.4 Å². The molecule has 0 saturated carbocycles. The largest absolute Gasteiger partial charge is 0.478 e. The lowest BCUT2D eigenvalue weighted by molar-refractivity contribution is 0.0698. The predicted molar refractivity (Wildman–Crippen MR) is 97.2 cm³/mol. The maximum absolute atomic E-state index is 12.2. The number of ether oxygens (including phenoxy) is 1. The van der Waals surface area contributed by atoms with Gasteiger partial charge in [0.1, 0.15) is 0 Å². The Morgan fingerprint density at radius 3 is 2.40 bits per heavy atom. The molecule has 1 aromatic heterocycles. The summed E-state index contributed by atoms with van der Waals surface area (Å²) in [6.45, 7) is 2.47. The van der Waals surface area contributed by atoms with Crippen molar-refractivity contribution < 1.29 is 14.6 Å². The average molecular weight is 334 g/mol. The average Bonchev–Trinajstić information content (AvgIpc) is 2.67. The molecule has 0 bridgehead atoms. The Morgan fingerprint density at radius 2 is 1.68 bits per heavy atom. The van der Waals surface area contributed by atoms with Crippen molar-refractivity contribution in [2.75, 3.05) is 31.2 Å². The van der Waals surface area contributed by atoms with Gasteiger partial charge in [0.05, 0.1) is 35.7 Å². The van der Waals surface area contributed by atoms with Gasteiger partial charge in [-0.3, -0.25) is 0 Å². The summed E-state index contributed by atoms with van der Waals surface area (Å²) < 4.78 is 5.45. The molecule has 3 aromatic rings. The number of carboxylic acids is 1. The van der Waals surface area contributed by atoms with E-state index in [2.05, 4.69) is 4.90 Å². The number of benzene rings is 2. The number of nitrogens with zero attached hydrogens (tertiary/aromatic N) is 2. The fraction of sp³-hybridized carbons (Fsp3) is 0.200. The Kier molecular flexibility index (Phi) is 4.07. The van der Waals surface area contributed by atoms with Gasteiger partial charge in [-0.15, -0.1) is 0 Å². The van der Waals surface area contributed by atoms with E-state index in [0.29, 0.717) is 54.2 Å². The summed E-state index contributed by atoms with van der Waals surface area (Å²) in [5.74, 6) is -0.933. The van der Waals surface area contributed by atoms with Gasteiger partial charge in [0.2, 0.25) is 0 Å². The van der Waals surface area contributed by atoms with E-state index in [-0.39, 0.29) is 0 Å². The van der Waals surface area contributed by atoms with Crippen LogP contribution in [0.2, 0.25) is 0 Å². The number of aromatic nitrogens is 1. The molecular formula is C20H18N2O3. The fourth-order valence-corrected chi connectivity index (χ4v) is 3.31. The molecule has 2 aromatic carbocycles. The van der Waals surface area contributed by atoms with Crippen molar-refractivity contribution in [1.82, 2.24) is 4.98 Å². The lowest BCUT2D eigenvalue weighted by Crippen LogP contribution is -2.37. The van der Waals surface area contributed by atoms with E-state index < -0.39 is 5.97 Å². The van der Waals surface area contributed by atoms with Gasteiger partial charge in [-0.25, -0.2) is 9.78 Å². The number of aromatic carboxylic acids is 1. The van der Waals surface area contributed by atoms with Gasteiger partial charge in [0, 0.05) is 24.0 Å². The third-order valence-corrected chi connectivity index (χ3v) is 4.46. The van der Waals surface area contributed by atoms with Crippen molar-refractivity contribution >= 4 is 22.6 Å². The smallest absolute Gasteiger partial charge is 0.338 e. The number of fused-ring (bicyclic) bond motifs is 1. The van der Waals surface area contributed by atoms with Crippen LogP contribution in [0.15, 0.2) is 54.6 Å². The van der Waals surface area contributed by atoms with Gasteiger partial charge in [0.15, 0.2) is 0 Å². The van der Waals surface area contributed by atoms with E-state index in [1.165, 1.54) is 0 Å². The topological polar surface area (TPSA) is 62.7 Å². The zero-order chi connectivity index (χ0) is 17.2. The van der Waals surface area contributed by atoms with Crippen molar-refractivity contribution in [3.8, 4) is 11.3 Å². The summed E-state index contributed by atoms with van der Waals surface area (Å²) in [7, 11) is 0. The van der Waals surface area contributed by atoms with Gasteiger partial charge in [-0.05, 0) is 6.07 Å². The predicted octanol–water partition coefficient (Wildman–Crippen LogP) is 3.44. The third-order valence-electron chi connectivity index (χ3n) is 4.46. The summed E-state index contributed by atoms with van der Waals surface area (Å²) in [5, 5.41) is 10.6. The Hall–Kier alpha value is -2.92. The first-order valence-corrected chi connectivity index (χ1v) is 8.30. The molecule has 1 N–H and O–H groups in total. The number of hydrogen-bond acceptors (Lipinski definition) is 4. The van der Waals surface area contributed by atoms with Crippen molar-refractivity contribution in [1.29, 1.82) is 0 Å². The number of anilines is 1. The van der Waals surface area contributed by atoms with E-state index >= 15 is 0 Å². The Morgan fingerprint density at radius 1 is 1.00 bits per heavy atom. The van der Waals surface area contributed by atoms with E-state index in [9.17, 15) is 9.90 Å². The number of pyridine rings is 1. The summed E-state index contributed by atoms with van der Waals surface area (Å²) >= 11 is 0. The molecule has 126 valence electrons. The minimum absolute atomic E-state index is 0.311. The maximum Gasteiger partial charge on any atom is 0.338 e. The highest BCUT2D eigenvalue weighted by Crippen LogP contribution is 2.37. The van der Waals surface area contributed by atoms with Crippen LogP contribution in [0.5, 0.6) is 0 Å². The Labute approximate surface area is 145 Å². The van der Waals surface area contributed by atoms with E-state index in [1.807, 2.05) is 54.6 Å². The Bertz CT molecular complexity index is 919. The van der Waals surface area contributed by atoms with Crippen LogP contribution in [0.25, 0.3) is 22.2 Å². The second kappa shape index (κ2) is 6.53. The monoisotopic (exact) mass is 334 g/mol. The van der Waals surface area contributed by atoms with Gasteiger partial charge in [-0.1, -0.05) is 48.5 Å². The molecule has 1 fully saturated rings. The van der Waals surface area contributed by atoms with Crippen LogP contribution in [-0.2, 0) is 4.74 Å². The van der Waals surface area contributed by atoms with Gasteiger partial charge >= 0.3 is 5.97 Å². The molecule has 0 atom stereocenters. The first-order valence-electron chi connectivity index (χ1n) is 8.30. The normalized spacial score (nSPS) is 14.6. The van der Waals surface area contributed by atoms with Gasteiger partial charge in [-0.2, -0.15) is 0 Å². The van der Waals surface area contributed by atoms with Crippen molar-refractivity contribution in [3.63, 3.8) is 0 Å². The summed E-state index contributed by atoms with van der Waals surface area (Å²) in [4.78, 5) is 19.1. The molecule has 0 unspecified atom stereocenters. The van der Waals surface area contributed by atoms with Crippen LogP contribution in [0, 0.1) is 0 Å². The lowest BCUT2D eigenvalue weighted by Gasteiger charge is -2.31. The van der Waals surface area contributed by atoms with E-state index in [0.717, 1.165) is 5.56 Å². The highest BCUT2D eigenvalue weighted by Gasteiger charge is 2.26. The summed E-state index contributed by atoms with van der Waals surface area (Å²) in [6, 6.07) is 17.2. The van der Waals surface area contributed by atoms with Gasteiger partial charge in [0.25, 0.3) is 0 Å². The molecule has 0 radical (unpaired) electrons. The highest BCUT2D eigenvalue weighted by atomic mass is 16.5. The van der Waals surface area contributed by atoms with Crippen LogP contribution >= 0.6 is 0 Å². The molecule has 5 heteroatoms. The lowest BCUT2D eigenvalue weighted by atomic mass is 10.00. The zero-order valence-corrected chi connectivity index (χ0v) is 13.7. The molecule has 4 rings (SSSR count). The summed E-state index contributed by atoms with van der Waals surface area (Å²) in [5.41, 5.74) is 3.30. The number of carbonyl (C=O) groups is 1. The Balaban J connectivity index is 2.06. The maximum atomic E-state index is 12.2. The fourth-order valence-electron chi connectivity index (χ4n) is 3.31. The highest BCUT2D eigenvalue weighted by molar-refractivity contribution is 6.10. The number of hydrogen-bond donors (Lipinski definition) is 1. The van der Waals surface area contributed by atoms with Crippen LogP contribution < -0.4 is 4.90 Å². The second-order valence-electron chi connectivity index (χ2n) is 5.97. The van der Waals surface area contributed by atoms with Gasteiger partial charge < -0.3 is 14.7 Å². The molecule has 0 spiro atoms. The van der Waals surface area contributed by atoms with E-state index in [1.54, 1.807) is 0 Å². The first-order chi connectivity index (χ1) is 12.3. The van der Waals surface area contributed by atoms with Crippen molar-refractivity contribution in [2.24, 2.45) is 0 Å². The molecule has 1 saturated heterocycles. The second-order valence-corrected chi connectivity index (χ2v) is 5.97. The molecule has 5 nitrogen and oxygen atoms in total. The zero-order valence-electron chi connectivity index (χ0n) is 13.7. The molecule has 1 aliphatic heterocycles. The minimum atomic E-state index is -0.933. The number of carboxylic acid groups (broad SMARTS) is 1. The number of morpholine rings is 1. The van der Waals surface area contributed by atoms with Crippen LogP contribution in [0.3, 0.4) is 0 Å². The minimum Gasteiger partial charge on any atom is -0.478 e. The van der Waals surface area contributed by atoms with E-state index in [4.69, 9.17) is 9.72 Å². The van der Waals surface area contributed by atoms with Crippen LogP contribution in [0.4, 0.5) is 5.69 Å². The third kappa shape index (κ3) is 2.83. The quantitative estimate of drug-likeness (QED) is 0.795. The molecule has 25 heavy (non-hydrogen) atoms. The molecular weight excluding hydrogens is 316 g/mol. The van der Waals surface area contributed by atoms with Crippen molar-refractivity contribution in [3.05, 3.63) is 60.2 Å². The first kappa shape index (κ1) is 15.6. The number of para-hydroxylation sites is 1. The molecule has 1 aliphatic rings. The molecule has 0 amide bonds. The summed E-state index contributed by atoms with van der Waals surface area (Å²) in [6.07, 6.45) is 0. The van der Waals surface area contributed by atoms with Crippen LogP contribution in [0.1, 0.15) is 10.4 Å². The standard InChI is InChI=1S/C20H18N2O3/c23-20(24)17-15-8-4-5-9-16(15)21-18(14-6-2-1-3-7-14)19(17)22-10-12-25-13-11-22/h1-9H,10-13H2,(H,23,24). The van der Waals surface area contributed by atoms with Crippen molar-refractivity contribution in [2.45, 2.75) is 0 Å².